The summed E-state index contributed by atoms with van der Waals surface area (Å²) in [6.07, 6.45) is 0. The van der Waals surface area contributed by atoms with E-state index >= 15 is 0 Å². The van der Waals surface area contributed by atoms with Crippen molar-refractivity contribution in [1.29, 1.82) is 0 Å². The lowest BCUT2D eigenvalue weighted by molar-refractivity contribution is 0.308. The highest BCUT2D eigenvalue weighted by Gasteiger charge is 2.01. The Morgan fingerprint density at radius 1 is 1.50 bits per heavy atom. The summed E-state index contributed by atoms with van der Waals surface area (Å²) in [4.78, 5) is 0. The van der Waals surface area contributed by atoms with Gasteiger partial charge in [0.2, 0.25) is 0 Å². The van der Waals surface area contributed by atoms with Gasteiger partial charge < -0.3 is 15.6 Å². The third-order valence-corrected chi connectivity index (χ3v) is 1.79. The first-order valence-corrected chi connectivity index (χ1v) is 4.34. The second kappa shape index (κ2) is 4.33. The van der Waals surface area contributed by atoms with Gasteiger partial charge >= 0.3 is 0 Å². The van der Waals surface area contributed by atoms with Crippen molar-refractivity contribution < 1.29 is 9.84 Å². The molecule has 0 aromatic heterocycles. The number of phenols is 1. The highest BCUT2D eigenvalue weighted by Crippen LogP contribution is 2.28. The number of nitrogens with two attached hydrogens (primary N) is 1. The van der Waals surface area contributed by atoms with Crippen LogP contribution >= 0.6 is 15.9 Å². The Balaban J connectivity index is 2.75. The molecule has 0 radical (unpaired) electrons. The van der Waals surface area contributed by atoms with Gasteiger partial charge in [0.05, 0.1) is 0 Å². The minimum atomic E-state index is 0.131. The van der Waals surface area contributed by atoms with Gasteiger partial charge in [0.15, 0.2) is 11.5 Å². The maximum absolute atomic E-state index is 9.27. The summed E-state index contributed by atoms with van der Waals surface area (Å²) >= 11 is 3.27. The molecular weight excluding hydrogens is 222 g/mol. The van der Waals surface area contributed by atoms with Gasteiger partial charge in [-0.3, -0.25) is 0 Å². The first-order chi connectivity index (χ1) is 5.74. The van der Waals surface area contributed by atoms with Crippen molar-refractivity contribution in [1.82, 2.24) is 0 Å². The molecule has 1 aromatic carbocycles. The number of hydrogen-bond donors (Lipinski definition) is 2. The number of benzene rings is 1. The van der Waals surface area contributed by atoms with E-state index in [0.29, 0.717) is 18.9 Å². The second-order valence-electron chi connectivity index (χ2n) is 2.25. The van der Waals surface area contributed by atoms with E-state index in [1.54, 1.807) is 18.2 Å². The van der Waals surface area contributed by atoms with Gasteiger partial charge in [-0.05, 0) is 18.2 Å². The summed E-state index contributed by atoms with van der Waals surface area (Å²) in [5.74, 6) is 0.585. The fourth-order valence-electron chi connectivity index (χ4n) is 0.772. The van der Waals surface area contributed by atoms with Crippen LogP contribution in [0.15, 0.2) is 22.7 Å². The van der Waals surface area contributed by atoms with Crippen LogP contribution in [0, 0.1) is 0 Å². The molecule has 0 saturated heterocycles. The molecule has 0 aliphatic carbocycles. The number of hydrogen-bond acceptors (Lipinski definition) is 3. The zero-order valence-electron chi connectivity index (χ0n) is 6.46. The molecule has 3 N–H and O–H groups in total. The lowest BCUT2D eigenvalue weighted by Gasteiger charge is -2.06. The Kier molecular flexibility index (Phi) is 3.37. The van der Waals surface area contributed by atoms with Gasteiger partial charge in [0, 0.05) is 11.0 Å². The van der Waals surface area contributed by atoms with Crippen LogP contribution in [0.25, 0.3) is 0 Å². The number of ether oxygens (including phenoxy) is 1. The lowest BCUT2D eigenvalue weighted by Crippen LogP contribution is -2.10. The Hall–Kier alpha value is -0.740. The van der Waals surface area contributed by atoms with Crippen molar-refractivity contribution in [3.63, 3.8) is 0 Å². The average molecular weight is 232 g/mol. The van der Waals surface area contributed by atoms with Crippen LogP contribution in [0.2, 0.25) is 0 Å². The maximum atomic E-state index is 9.27. The predicted molar refractivity (Wildman–Crippen MR) is 50.4 cm³/mol. The fourth-order valence-corrected chi connectivity index (χ4v) is 1.11. The molecule has 0 saturated carbocycles. The van der Waals surface area contributed by atoms with Gasteiger partial charge in [-0.1, -0.05) is 15.9 Å². The van der Waals surface area contributed by atoms with Crippen molar-refractivity contribution in [3.8, 4) is 11.5 Å². The topological polar surface area (TPSA) is 55.5 Å². The molecule has 0 amide bonds. The summed E-state index contributed by atoms with van der Waals surface area (Å²) in [6.45, 7) is 0.843. The summed E-state index contributed by atoms with van der Waals surface area (Å²) in [6, 6.07) is 5.01. The van der Waals surface area contributed by atoms with E-state index in [0.717, 1.165) is 4.47 Å². The number of rotatable bonds is 3. The van der Waals surface area contributed by atoms with Crippen LogP contribution in [0.1, 0.15) is 0 Å². The summed E-state index contributed by atoms with van der Waals surface area (Å²) in [7, 11) is 0. The largest absolute Gasteiger partial charge is 0.504 e. The minimum absolute atomic E-state index is 0.131. The van der Waals surface area contributed by atoms with Crippen LogP contribution in [-0.4, -0.2) is 18.3 Å². The Morgan fingerprint density at radius 2 is 2.25 bits per heavy atom. The highest BCUT2D eigenvalue weighted by molar-refractivity contribution is 9.10. The quantitative estimate of drug-likeness (QED) is 0.830. The monoisotopic (exact) mass is 231 g/mol. The fraction of sp³-hybridized carbons (Fsp3) is 0.250. The average Bonchev–Trinajstić information content (AvgIpc) is 2.07. The molecule has 0 aliphatic heterocycles. The normalized spacial score (nSPS) is 9.83. The summed E-state index contributed by atoms with van der Waals surface area (Å²) < 4.78 is 6.03. The Labute approximate surface area is 79.3 Å². The zero-order chi connectivity index (χ0) is 8.97. The molecule has 0 spiro atoms. The van der Waals surface area contributed by atoms with E-state index in [2.05, 4.69) is 15.9 Å². The van der Waals surface area contributed by atoms with E-state index in [9.17, 15) is 5.11 Å². The number of aromatic hydroxyl groups is 1. The zero-order valence-corrected chi connectivity index (χ0v) is 8.04. The molecule has 4 heteroatoms. The van der Waals surface area contributed by atoms with Crippen LogP contribution in [-0.2, 0) is 0 Å². The Morgan fingerprint density at radius 3 is 2.92 bits per heavy atom. The van der Waals surface area contributed by atoms with E-state index in [1.165, 1.54) is 0 Å². The second-order valence-corrected chi connectivity index (χ2v) is 3.16. The molecule has 0 unspecified atom stereocenters. The minimum Gasteiger partial charge on any atom is -0.504 e. The molecular formula is C8H10BrNO2. The van der Waals surface area contributed by atoms with Crippen LogP contribution < -0.4 is 10.5 Å². The van der Waals surface area contributed by atoms with E-state index in [1.807, 2.05) is 0 Å². The van der Waals surface area contributed by atoms with Crippen molar-refractivity contribution >= 4 is 15.9 Å². The van der Waals surface area contributed by atoms with Crippen LogP contribution in [0.3, 0.4) is 0 Å². The standard InChI is InChI=1S/C8H10BrNO2/c9-6-1-2-7(11)8(5-6)12-4-3-10/h1-2,5,11H,3-4,10H2. The molecule has 66 valence electrons. The van der Waals surface area contributed by atoms with E-state index in [4.69, 9.17) is 10.5 Å². The smallest absolute Gasteiger partial charge is 0.162 e. The maximum Gasteiger partial charge on any atom is 0.162 e. The van der Waals surface area contributed by atoms with Crippen molar-refractivity contribution in [3.05, 3.63) is 22.7 Å². The molecule has 0 heterocycles. The van der Waals surface area contributed by atoms with Gasteiger partial charge in [0.25, 0.3) is 0 Å². The van der Waals surface area contributed by atoms with E-state index < -0.39 is 0 Å². The van der Waals surface area contributed by atoms with Crippen molar-refractivity contribution in [2.24, 2.45) is 5.73 Å². The summed E-state index contributed by atoms with van der Waals surface area (Å²) in [5, 5.41) is 9.27. The molecule has 0 atom stereocenters. The molecule has 1 aromatic rings. The van der Waals surface area contributed by atoms with Gasteiger partial charge in [-0.2, -0.15) is 0 Å². The van der Waals surface area contributed by atoms with Gasteiger partial charge in [-0.25, -0.2) is 0 Å². The van der Waals surface area contributed by atoms with Crippen molar-refractivity contribution in [2.45, 2.75) is 0 Å². The molecule has 0 aliphatic rings. The molecule has 1 rings (SSSR count). The van der Waals surface area contributed by atoms with Crippen LogP contribution in [0.5, 0.6) is 11.5 Å². The molecule has 3 nitrogen and oxygen atoms in total. The molecule has 12 heavy (non-hydrogen) atoms. The molecule has 0 fully saturated rings. The lowest BCUT2D eigenvalue weighted by atomic mass is 10.3. The SMILES string of the molecule is NCCOc1cc(Br)ccc1O. The summed E-state index contributed by atoms with van der Waals surface area (Å²) in [5.41, 5.74) is 5.25. The Bertz CT molecular complexity index is 265. The number of halogens is 1. The predicted octanol–water partition coefficient (Wildman–Crippen LogP) is 1.49. The third kappa shape index (κ3) is 2.39. The van der Waals surface area contributed by atoms with Gasteiger partial charge in [0.1, 0.15) is 6.61 Å². The first kappa shape index (κ1) is 9.35. The third-order valence-electron chi connectivity index (χ3n) is 1.30. The number of phenolic OH excluding ortho intramolecular Hbond substituents is 1. The first-order valence-electron chi connectivity index (χ1n) is 3.55. The van der Waals surface area contributed by atoms with E-state index in [-0.39, 0.29) is 5.75 Å². The van der Waals surface area contributed by atoms with Gasteiger partial charge in [-0.15, -0.1) is 0 Å². The van der Waals surface area contributed by atoms with Crippen LogP contribution in [0.4, 0.5) is 0 Å². The van der Waals surface area contributed by atoms with Crippen molar-refractivity contribution in [2.75, 3.05) is 13.2 Å². The molecule has 0 bridgehead atoms. The highest BCUT2D eigenvalue weighted by atomic mass is 79.9.